The third-order valence-corrected chi connectivity index (χ3v) is 0.290. The minimum absolute atomic E-state index is 0. The average Bonchev–Trinajstić information content (AvgIpc) is 2.14. The van der Waals surface area contributed by atoms with Gasteiger partial charge in [0.25, 0.3) is 0 Å². The van der Waals surface area contributed by atoms with E-state index in [9.17, 15) is 9.90 Å². The molecule has 0 aliphatic heterocycles. The van der Waals surface area contributed by atoms with E-state index in [4.69, 9.17) is 15.1 Å². The fourth-order valence-electron chi connectivity index (χ4n) is 0.114. The Morgan fingerprint density at radius 3 is 2.89 bits per heavy atom. The number of carboxylic acid groups (broad SMARTS) is 1. The third-order valence-electron chi connectivity index (χ3n) is 0.290. The van der Waals surface area contributed by atoms with Gasteiger partial charge in [0.2, 0.25) is 0 Å². The summed E-state index contributed by atoms with van der Waals surface area (Å²) in [5.74, 6) is -2.61. The fraction of sp³-hybridized carbons (Fsp3) is 0.833. The van der Waals surface area contributed by atoms with Crippen molar-refractivity contribution >= 4 is 5.97 Å². The Kier molecular flexibility index (Phi) is 1.87. The third kappa shape index (κ3) is 11.8. The smallest absolute Gasteiger partial charge is 0.550 e. The monoisotopic (exact) mass is 149 g/mol. The Labute approximate surface area is 93.4 Å². The minimum Gasteiger partial charge on any atom is -0.550 e. The number of carboxylic acids is 1. The summed E-state index contributed by atoms with van der Waals surface area (Å²) in [6.07, 6.45) is -15.7. The summed E-state index contributed by atoms with van der Waals surface area (Å²) in [6.45, 7) is -3.62. The van der Waals surface area contributed by atoms with Gasteiger partial charge >= 0.3 is 29.6 Å². The molecule has 0 aromatic heterocycles. The second kappa shape index (κ2) is 8.47. The van der Waals surface area contributed by atoms with E-state index in [0.29, 0.717) is 0 Å². The van der Waals surface area contributed by atoms with Gasteiger partial charge in [-0.2, -0.15) is 0 Å². The molecule has 0 spiro atoms. The maximum Gasteiger partial charge on any atom is 1.00 e. The van der Waals surface area contributed by atoms with Gasteiger partial charge in [-0.25, -0.2) is 0 Å². The molecule has 0 amide bonds. The van der Waals surface area contributed by atoms with Crippen LogP contribution in [0.1, 0.15) is 47.4 Å². The van der Waals surface area contributed by atoms with Crippen LogP contribution in [-0.2, 0) is 4.79 Å². The van der Waals surface area contributed by atoms with Gasteiger partial charge in [0.1, 0.15) is 0 Å². The Hall–Kier alpha value is 0.470. The molecule has 48 valence electrons. The van der Waals surface area contributed by atoms with Crippen LogP contribution in [0.15, 0.2) is 0 Å². The van der Waals surface area contributed by atoms with Gasteiger partial charge in [-0.3, -0.25) is 0 Å². The Balaban J connectivity index is 0. The molecule has 0 heterocycles. The van der Waals surface area contributed by atoms with Crippen molar-refractivity contribution < 1.29 is 54.5 Å². The maximum absolute atomic E-state index is 10.5. The summed E-state index contributed by atoms with van der Waals surface area (Å²) in [7, 11) is 0. The van der Waals surface area contributed by atoms with Gasteiger partial charge in [0.15, 0.2) is 0 Å². The van der Waals surface area contributed by atoms with Crippen LogP contribution in [0, 0.1) is 0 Å². The summed E-state index contributed by atoms with van der Waals surface area (Å²) < 4.78 is 77.7. The van der Waals surface area contributed by atoms with Crippen LogP contribution < -0.4 is 34.7 Å². The molecular weight excluding hydrogens is 127 g/mol. The predicted molar refractivity (Wildman–Crippen MR) is 29.1 cm³/mol. The van der Waals surface area contributed by atoms with Crippen LogP contribution in [0.2, 0.25) is 0 Å². The maximum atomic E-state index is 10.5. The van der Waals surface area contributed by atoms with Gasteiger partial charge in [-0.05, 0) is 12.7 Å². The molecule has 0 aliphatic carbocycles. The molecule has 0 aromatic rings. The largest absolute Gasteiger partial charge is 1.00 e. The molecule has 0 aliphatic rings. The number of hydrogen-bond donors (Lipinski definition) is 0. The van der Waals surface area contributed by atoms with Crippen molar-refractivity contribution in [2.45, 2.75) is 32.3 Å². The van der Waals surface area contributed by atoms with Crippen molar-refractivity contribution in [3.8, 4) is 0 Å². The molecule has 3 heteroatoms. The van der Waals surface area contributed by atoms with Crippen molar-refractivity contribution in [1.29, 1.82) is 0 Å². The molecule has 0 N–H and O–H groups in total. The molecule has 0 fully saturated rings. The zero-order chi connectivity index (χ0) is 16.1. The zero-order valence-electron chi connectivity index (χ0n) is 15.8. The minimum atomic E-state index is -3.98. The summed E-state index contributed by atoms with van der Waals surface area (Å²) in [5.41, 5.74) is 0. The van der Waals surface area contributed by atoms with Gasteiger partial charge in [0.05, 0.1) is 0 Å². The van der Waals surface area contributed by atoms with Gasteiger partial charge < -0.3 is 9.90 Å². The first-order valence-electron chi connectivity index (χ1n) is 7.16. The van der Waals surface area contributed by atoms with E-state index in [1.807, 2.05) is 0 Å². The van der Waals surface area contributed by atoms with E-state index in [0.717, 1.165) is 0 Å². The topological polar surface area (TPSA) is 40.1 Å². The Morgan fingerprint density at radius 2 is 2.44 bits per heavy atom. The Morgan fingerprint density at radius 1 is 1.78 bits per heavy atom. The number of rotatable bonds is 4. The Bertz CT molecular complexity index is 374. The van der Waals surface area contributed by atoms with Crippen LogP contribution in [-0.4, -0.2) is 5.97 Å². The molecule has 0 unspecified atom stereocenters. The summed E-state index contributed by atoms with van der Waals surface area (Å²) in [4.78, 5) is 10.5. The SMILES string of the molecule is [2H]C([2H])([2H])C([2H])([2H])C([2H])([2H])C([2H])([2H])C([2H])([2H])C(=O)[O-].[Na+]. The number of carbonyl (C=O) groups excluding carboxylic acids is 1. The average molecular weight is 149 g/mol. The molecule has 0 bridgehead atoms. The second-order valence-electron chi connectivity index (χ2n) is 0.787. The summed E-state index contributed by atoms with van der Waals surface area (Å²) in [5, 5.41) is 10.5. The van der Waals surface area contributed by atoms with Crippen molar-refractivity contribution in [1.82, 2.24) is 0 Å². The van der Waals surface area contributed by atoms with E-state index in [2.05, 4.69) is 0 Å². The number of aliphatic carboxylic acids is 1. The molecule has 9 heavy (non-hydrogen) atoms. The van der Waals surface area contributed by atoms with Gasteiger partial charge in [-0.15, -0.1) is 0 Å². The second-order valence-corrected chi connectivity index (χ2v) is 0.787. The molecule has 0 saturated heterocycles. The molecule has 0 rings (SSSR count). The van der Waals surface area contributed by atoms with Crippen molar-refractivity contribution in [3.63, 3.8) is 0 Å². The van der Waals surface area contributed by atoms with Crippen LogP contribution in [0.3, 0.4) is 0 Å². The molecule has 2 nitrogen and oxygen atoms in total. The molecule has 0 saturated carbocycles. The van der Waals surface area contributed by atoms with E-state index in [1.54, 1.807) is 0 Å². The normalized spacial score (nSPS) is 34.0. The first-order valence-corrected chi connectivity index (χ1v) is 1.66. The summed E-state index contributed by atoms with van der Waals surface area (Å²) in [6, 6.07) is 0. The molecule has 0 radical (unpaired) electrons. The van der Waals surface area contributed by atoms with Crippen LogP contribution in [0.25, 0.3) is 0 Å². The van der Waals surface area contributed by atoms with E-state index >= 15 is 0 Å². The predicted octanol–water partition coefficient (Wildman–Crippen LogP) is -2.68. The van der Waals surface area contributed by atoms with Crippen molar-refractivity contribution in [3.05, 3.63) is 0 Å². The first kappa shape index (κ1) is 1.99. The molecule has 0 aromatic carbocycles. The van der Waals surface area contributed by atoms with Crippen LogP contribution >= 0.6 is 0 Å². The number of hydrogen-bond acceptors (Lipinski definition) is 2. The quantitative estimate of drug-likeness (QED) is 0.409. The molecule has 0 atom stereocenters. The van der Waals surface area contributed by atoms with Crippen LogP contribution in [0.5, 0.6) is 0 Å². The van der Waals surface area contributed by atoms with Gasteiger partial charge in [-0.1, -0.05) is 19.6 Å². The van der Waals surface area contributed by atoms with Gasteiger partial charge in [0, 0.05) is 21.0 Å². The van der Waals surface area contributed by atoms with E-state index in [1.165, 1.54) is 0 Å². The number of carbonyl (C=O) groups is 1. The van der Waals surface area contributed by atoms with Crippen molar-refractivity contribution in [2.75, 3.05) is 0 Å². The van der Waals surface area contributed by atoms with E-state index in [-0.39, 0.29) is 29.6 Å². The van der Waals surface area contributed by atoms with Crippen molar-refractivity contribution in [2.24, 2.45) is 0 Å². The first-order chi connectivity index (χ1) is 7.94. The zero-order valence-corrected chi connectivity index (χ0v) is 6.82. The fourth-order valence-corrected chi connectivity index (χ4v) is 0.114. The molecular formula is C6H11NaO2. The van der Waals surface area contributed by atoms with Crippen LogP contribution in [0.4, 0.5) is 0 Å². The summed E-state index contributed by atoms with van der Waals surface area (Å²) >= 11 is 0. The standard InChI is InChI=1S/C6H12O2.Na/c1-2-3-4-5-6(7)8;/h2-5H2,1H3,(H,7,8);/q;+1/p-1/i1D3,2D2,3D2,4D2,5D2;. The van der Waals surface area contributed by atoms with E-state index < -0.39 is 38.3 Å².